The average Bonchev–Trinajstić information content (AvgIpc) is 2.64. The predicted molar refractivity (Wildman–Crippen MR) is 111 cm³/mol. The smallest absolute Gasteiger partial charge is 0.326 e. The van der Waals surface area contributed by atoms with Gasteiger partial charge in [0.15, 0.2) is 0 Å². The van der Waals surface area contributed by atoms with Crippen LogP contribution in [0.3, 0.4) is 0 Å². The molecule has 5 unspecified atom stereocenters. The fourth-order valence-electron chi connectivity index (χ4n) is 2.54. The first kappa shape index (κ1) is 28.3. The molecule has 4 amide bonds. The number of carbonyl (C=O) groups is 5. The number of amides is 4. The van der Waals surface area contributed by atoms with Gasteiger partial charge < -0.3 is 37.6 Å². The third kappa shape index (κ3) is 9.75. The molecule has 0 rings (SSSR count). The lowest BCUT2D eigenvalue weighted by atomic mass is 9.99. The topological polar surface area (TPSA) is 214 Å². The molecule has 0 saturated heterocycles. The van der Waals surface area contributed by atoms with Crippen molar-refractivity contribution in [1.29, 1.82) is 0 Å². The van der Waals surface area contributed by atoms with Crippen LogP contribution < -0.4 is 27.4 Å². The lowest BCUT2D eigenvalue weighted by Crippen LogP contribution is -2.61. The highest BCUT2D eigenvalue weighted by Gasteiger charge is 2.34. The van der Waals surface area contributed by atoms with E-state index in [1.807, 2.05) is 0 Å². The number of hydrogen-bond donors (Lipinski definition) is 7. The molecule has 9 N–H and O–H groups in total. The summed E-state index contributed by atoms with van der Waals surface area (Å²) in [6.45, 7) is 8.08. The lowest BCUT2D eigenvalue weighted by Gasteiger charge is -2.28. The maximum atomic E-state index is 12.7. The summed E-state index contributed by atoms with van der Waals surface area (Å²) in [5.41, 5.74) is 10.8. The van der Waals surface area contributed by atoms with E-state index in [0.29, 0.717) is 0 Å². The second kappa shape index (κ2) is 12.8. The number of aliphatic hydroxyl groups is 1. The molecule has 0 aromatic rings. The Morgan fingerprint density at radius 3 is 1.68 bits per heavy atom. The Kier molecular flexibility index (Phi) is 11.7. The van der Waals surface area contributed by atoms with Gasteiger partial charge in [-0.25, -0.2) is 4.79 Å². The Balaban J connectivity index is 5.36. The zero-order valence-electron chi connectivity index (χ0n) is 18.5. The number of primary amides is 1. The molecule has 0 saturated carbocycles. The number of carboxylic acids is 1. The van der Waals surface area contributed by atoms with Crippen LogP contribution in [0.1, 0.15) is 47.5 Å². The van der Waals surface area contributed by atoms with Gasteiger partial charge in [0.2, 0.25) is 23.6 Å². The molecule has 0 aliphatic rings. The van der Waals surface area contributed by atoms with Crippen LogP contribution in [-0.4, -0.2) is 70.1 Å². The Labute approximate surface area is 181 Å². The highest BCUT2D eigenvalue weighted by Crippen LogP contribution is 2.07. The highest BCUT2D eigenvalue weighted by atomic mass is 16.4. The number of aliphatic hydroxyl groups excluding tert-OH is 1. The standard InChI is InChI=1S/C19H35N5O7/c1-8(2)13(21)16(27)23-14(9(3)4)17(28)24-15(10(5)25)18(29)22-11(19(30)31)6-7-12(20)26/h8-11,13-15,25H,6-7,21H2,1-5H3,(H2,20,26)(H,22,29)(H,23,27)(H,24,28)(H,30,31). The van der Waals surface area contributed by atoms with Crippen molar-refractivity contribution in [3.8, 4) is 0 Å². The number of rotatable bonds is 13. The first-order valence-electron chi connectivity index (χ1n) is 10.0. The van der Waals surface area contributed by atoms with Crippen molar-refractivity contribution in [3.05, 3.63) is 0 Å². The molecule has 12 heteroatoms. The summed E-state index contributed by atoms with van der Waals surface area (Å²) >= 11 is 0. The van der Waals surface area contributed by atoms with Crippen LogP contribution in [0.4, 0.5) is 0 Å². The molecule has 0 radical (unpaired) electrons. The highest BCUT2D eigenvalue weighted by molar-refractivity contribution is 5.94. The number of carboxylic acid groups (broad SMARTS) is 1. The van der Waals surface area contributed by atoms with Crippen LogP contribution in [0, 0.1) is 11.8 Å². The van der Waals surface area contributed by atoms with E-state index < -0.39 is 59.9 Å². The van der Waals surface area contributed by atoms with Gasteiger partial charge in [0, 0.05) is 6.42 Å². The molecular weight excluding hydrogens is 410 g/mol. The van der Waals surface area contributed by atoms with Crippen molar-refractivity contribution in [1.82, 2.24) is 16.0 Å². The maximum absolute atomic E-state index is 12.7. The fraction of sp³-hybridized carbons (Fsp3) is 0.737. The van der Waals surface area contributed by atoms with Gasteiger partial charge >= 0.3 is 5.97 Å². The van der Waals surface area contributed by atoms with E-state index in [4.69, 9.17) is 11.5 Å². The van der Waals surface area contributed by atoms with Gasteiger partial charge in [0.1, 0.15) is 18.1 Å². The van der Waals surface area contributed by atoms with E-state index in [-0.39, 0.29) is 24.7 Å². The minimum Gasteiger partial charge on any atom is -0.480 e. The maximum Gasteiger partial charge on any atom is 0.326 e. The zero-order chi connectivity index (χ0) is 24.5. The fourth-order valence-corrected chi connectivity index (χ4v) is 2.54. The van der Waals surface area contributed by atoms with E-state index in [0.717, 1.165) is 0 Å². The Morgan fingerprint density at radius 1 is 0.806 bits per heavy atom. The molecular formula is C19H35N5O7. The third-order valence-corrected chi connectivity index (χ3v) is 4.62. The predicted octanol–water partition coefficient (Wildman–Crippen LogP) is -2.19. The van der Waals surface area contributed by atoms with Gasteiger partial charge in [0.25, 0.3) is 0 Å². The van der Waals surface area contributed by atoms with Crippen LogP contribution in [0.5, 0.6) is 0 Å². The zero-order valence-corrected chi connectivity index (χ0v) is 18.5. The first-order chi connectivity index (χ1) is 14.2. The SMILES string of the molecule is CC(C)C(N)C(=O)NC(C(=O)NC(C(=O)NC(CCC(N)=O)C(=O)O)C(C)O)C(C)C. The van der Waals surface area contributed by atoms with Gasteiger partial charge in [0.05, 0.1) is 12.1 Å². The average molecular weight is 446 g/mol. The molecule has 0 aromatic carbocycles. The lowest BCUT2D eigenvalue weighted by molar-refractivity contribution is -0.143. The number of aliphatic carboxylic acids is 1. The molecule has 178 valence electrons. The quantitative estimate of drug-likeness (QED) is 0.165. The van der Waals surface area contributed by atoms with Crippen LogP contribution in [0.2, 0.25) is 0 Å². The van der Waals surface area contributed by atoms with E-state index in [1.54, 1.807) is 27.7 Å². The Hall–Kier alpha value is -2.73. The van der Waals surface area contributed by atoms with Crippen molar-refractivity contribution < 1.29 is 34.2 Å². The summed E-state index contributed by atoms with van der Waals surface area (Å²) in [4.78, 5) is 59.7. The third-order valence-electron chi connectivity index (χ3n) is 4.62. The summed E-state index contributed by atoms with van der Waals surface area (Å²) in [7, 11) is 0. The molecule has 0 fully saturated rings. The molecule has 0 aromatic heterocycles. The van der Waals surface area contributed by atoms with E-state index >= 15 is 0 Å². The molecule has 12 nitrogen and oxygen atoms in total. The first-order valence-corrected chi connectivity index (χ1v) is 10.0. The minimum atomic E-state index is -1.50. The van der Waals surface area contributed by atoms with Crippen molar-refractivity contribution >= 4 is 29.6 Å². The molecule has 0 aliphatic heterocycles. The monoisotopic (exact) mass is 445 g/mol. The molecule has 31 heavy (non-hydrogen) atoms. The number of carbonyl (C=O) groups excluding carboxylic acids is 4. The second-order valence-corrected chi connectivity index (χ2v) is 8.13. The summed E-state index contributed by atoms with van der Waals surface area (Å²) in [5, 5.41) is 26.2. The van der Waals surface area contributed by atoms with Crippen LogP contribution in [0.25, 0.3) is 0 Å². The summed E-state index contributed by atoms with van der Waals surface area (Å²) in [6.07, 6.45) is -1.91. The van der Waals surface area contributed by atoms with Crippen molar-refractivity contribution in [2.75, 3.05) is 0 Å². The van der Waals surface area contributed by atoms with E-state index in [2.05, 4.69) is 16.0 Å². The van der Waals surface area contributed by atoms with Gasteiger partial charge in [-0.1, -0.05) is 27.7 Å². The number of hydrogen-bond acceptors (Lipinski definition) is 7. The summed E-state index contributed by atoms with van der Waals surface area (Å²) in [5.74, 6) is -4.93. The van der Waals surface area contributed by atoms with Crippen LogP contribution in [0.15, 0.2) is 0 Å². The summed E-state index contributed by atoms with van der Waals surface area (Å²) in [6, 6.07) is -4.83. The van der Waals surface area contributed by atoms with Crippen LogP contribution in [-0.2, 0) is 24.0 Å². The number of nitrogens with one attached hydrogen (secondary N) is 3. The van der Waals surface area contributed by atoms with Crippen molar-refractivity contribution in [3.63, 3.8) is 0 Å². The van der Waals surface area contributed by atoms with Gasteiger partial charge in [-0.05, 0) is 25.2 Å². The number of nitrogens with two attached hydrogens (primary N) is 2. The van der Waals surface area contributed by atoms with E-state index in [9.17, 15) is 34.2 Å². The van der Waals surface area contributed by atoms with Crippen molar-refractivity contribution in [2.24, 2.45) is 23.3 Å². The second-order valence-electron chi connectivity index (χ2n) is 8.13. The summed E-state index contributed by atoms with van der Waals surface area (Å²) < 4.78 is 0. The Morgan fingerprint density at radius 2 is 1.29 bits per heavy atom. The molecule has 0 spiro atoms. The molecule has 0 heterocycles. The van der Waals surface area contributed by atoms with Crippen molar-refractivity contribution in [2.45, 2.75) is 77.7 Å². The van der Waals surface area contributed by atoms with Gasteiger partial charge in [-0.2, -0.15) is 0 Å². The van der Waals surface area contributed by atoms with E-state index in [1.165, 1.54) is 6.92 Å². The minimum absolute atomic E-state index is 0.166. The molecule has 0 bridgehead atoms. The Bertz CT molecular complexity index is 666. The molecule has 0 aliphatic carbocycles. The van der Waals surface area contributed by atoms with Gasteiger partial charge in [-0.3, -0.25) is 19.2 Å². The van der Waals surface area contributed by atoms with Gasteiger partial charge in [-0.15, -0.1) is 0 Å². The largest absolute Gasteiger partial charge is 0.480 e. The van der Waals surface area contributed by atoms with Crippen LogP contribution >= 0.6 is 0 Å². The molecule has 5 atom stereocenters. The normalized spacial score (nSPS) is 16.0.